The van der Waals surface area contributed by atoms with Gasteiger partial charge in [-0.05, 0) is 37.6 Å². The van der Waals surface area contributed by atoms with E-state index in [4.69, 9.17) is 4.74 Å². The molecule has 2 heterocycles. The molecule has 1 aliphatic rings. The summed E-state index contributed by atoms with van der Waals surface area (Å²) in [6.07, 6.45) is 1.67. The van der Waals surface area contributed by atoms with Crippen molar-refractivity contribution in [2.45, 2.75) is 18.7 Å². The summed E-state index contributed by atoms with van der Waals surface area (Å²) in [6.45, 7) is 4.75. The third kappa shape index (κ3) is 4.13. The second-order valence-corrected chi connectivity index (χ2v) is 9.70. The van der Waals surface area contributed by atoms with Gasteiger partial charge in [0.2, 0.25) is 10.0 Å². The lowest BCUT2D eigenvalue weighted by Gasteiger charge is -2.34. The van der Waals surface area contributed by atoms with E-state index in [1.54, 1.807) is 34.8 Å². The fourth-order valence-corrected chi connectivity index (χ4v) is 5.51. The highest BCUT2D eigenvalue weighted by Crippen LogP contribution is 2.24. The Kier molecular flexibility index (Phi) is 6.03. The van der Waals surface area contributed by atoms with Crippen LogP contribution < -0.4 is 4.74 Å². The standard InChI is InChI=1S/C23H26N4O4S/c1-17-9-10-21(18(2)15-17)32(29,30)26-13-11-25(12-14-26)23(28)22-20(31-3)16-27(24-22)19-7-5-4-6-8-19/h4-10,15-16H,11-14H2,1-3H3. The van der Waals surface area contributed by atoms with E-state index < -0.39 is 10.0 Å². The van der Waals surface area contributed by atoms with Crippen molar-refractivity contribution in [3.63, 3.8) is 0 Å². The fourth-order valence-electron chi connectivity index (χ4n) is 3.88. The van der Waals surface area contributed by atoms with Gasteiger partial charge >= 0.3 is 0 Å². The van der Waals surface area contributed by atoms with Gasteiger partial charge in [-0.25, -0.2) is 13.1 Å². The monoisotopic (exact) mass is 454 g/mol. The van der Waals surface area contributed by atoms with Crippen LogP contribution in [-0.2, 0) is 10.0 Å². The van der Waals surface area contributed by atoms with E-state index in [1.807, 2.05) is 43.3 Å². The molecule has 0 spiro atoms. The van der Waals surface area contributed by atoms with Crippen molar-refractivity contribution in [3.8, 4) is 11.4 Å². The lowest BCUT2D eigenvalue weighted by molar-refractivity contribution is 0.0688. The molecule has 168 valence electrons. The van der Waals surface area contributed by atoms with Gasteiger partial charge in [0.1, 0.15) is 0 Å². The highest BCUT2D eigenvalue weighted by atomic mass is 32.2. The number of ether oxygens (including phenoxy) is 1. The molecule has 0 aliphatic carbocycles. The molecule has 0 N–H and O–H groups in total. The number of hydrogen-bond acceptors (Lipinski definition) is 5. The number of benzene rings is 2. The van der Waals surface area contributed by atoms with E-state index >= 15 is 0 Å². The molecule has 8 nitrogen and oxygen atoms in total. The summed E-state index contributed by atoms with van der Waals surface area (Å²) in [5.74, 6) is 0.101. The minimum Gasteiger partial charge on any atom is -0.493 e. The molecule has 32 heavy (non-hydrogen) atoms. The van der Waals surface area contributed by atoms with Gasteiger partial charge in [0.05, 0.1) is 23.9 Å². The van der Waals surface area contributed by atoms with Gasteiger partial charge in [0.15, 0.2) is 11.4 Å². The molecule has 0 bridgehead atoms. The van der Waals surface area contributed by atoms with E-state index in [1.165, 1.54) is 11.4 Å². The number of carbonyl (C=O) groups is 1. The zero-order valence-electron chi connectivity index (χ0n) is 18.4. The summed E-state index contributed by atoms with van der Waals surface area (Å²) in [6, 6.07) is 14.8. The number of piperazine rings is 1. The van der Waals surface area contributed by atoms with Crippen molar-refractivity contribution in [2.24, 2.45) is 0 Å². The van der Waals surface area contributed by atoms with Crippen molar-refractivity contribution in [3.05, 3.63) is 71.5 Å². The van der Waals surface area contributed by atoms with Gasteiger partial charge in [-0.15, -0.1) is 0 Å². The summed E-state index contributed by atoms with van der Waals surface area (Å²) in [7, 11) is -2.12. The van der Waals surface area contributed by atoms with Gasteiger partial charge in [-0.2, -0.15) is 9.40 Å². The van der Waals surface area contributed by atoms with Gasteiger partial charge in [0, 0.05) is 26.2 Å². The second kappa shape index (κ2) is 8.76. The average molecular weight is 455 g/mol. The molecule has 1 aromatic heterocycles. The zero-order chi connectivity index (χ0) is 22.9. The SMILES string of the molecule is COc1cn(-c2ccccc2)nc1C(=O)N1CCN(S(=O)(=O)c2ccc(C)cc2C)CC1. The first-order valence-corrected chi connectivity index (χ1v) is 11.8. The Bertz CT molecular complexity index is 1230. The van der Waals surface area contributed by atoms with Crippen LogP contribution in [0.5, 0.6) is 5.75 Å². The Balaban J connectivity index is 1.50. The Morgan fingerprint density at radius 3 is 2.31 bits per heavy atom. The topological polar surface area (TPSA) is 84.7 Å². The number of hydrogen-bond donors (Lipinski definition) is 0. The van der Waals surface area contributed by atoms with Crippen LogP contribution in [0.25, 0.3) is 5.69 Å². The molecule has 2 aromatic carbocycles. The quantitative estimate of drug-likeness (QED) is 0.592. The summed E-state index contributed by atoms with van der Waals surface area (Å²) >= 11 is 0. The van der Waals surface area contributed by atoms with Gasteiger partial charge < -0.3 is 9.64 Å². The predicted octanol–water partition coefficient (Wildman–Crippen LogP) is 2.64. The lowest BCUT2D eigenvalue weighted by atomic mass is 10.2. The number of para-hydroxylation sites is 1. The summed E-state index contributed by atoms with van der Waals surface area (Å²) < 4.78 is 34.6. The largest absolute Gasteiger partial charge is 0.493 e. The first-order chi connectivity index (χ1) is 15.3. The molecule has 1 aliphatic heterocycles. The maximum absolute atomic E-state index is 13.1. The Morgan fingerprint density at radius 2 is 1.69 bits per heavy atom. The van der Waals surface area contributed by atoms with Crippen LogP contribution in [0.1, 0.15) is 21.6 Å². The number of methoxy groups -OCH3 is 1. The Hall–Kier alpha value is -3.17. The fraction of sp³-hybridized carbons (Fsp3) is 0.304. The van der Waals surface area contributed by atoms with E-state index in [-0.39, 0.29) is 37.8 Å². The highest BCUT2D eigenvalue weighted by molar-refractivity contribution is 7.89. The number of aryl methyl sites for hydroxylation is 2. The van der Waals surface area contributed by atoms with Crippen LogP contribution in [0.2, 0.25) is 0 Å². The van der Waals surface area contributed by atoms with Crippen LogP contribution >= 0.6 is 0 Å². The van der Waals surface area contributed by atoms with E-state index in [0.29, 0.717) is 10.6 Å². The molecule has 1 saturated heterocycles. The van der Waals surface area contributed by atoms with Crippen molar-refractivity contribution < 1.29 is 17.9 Å². The third-order valence-electron chi connectivity index (χ3n) is 5.60. The van der Waals surface area contributed by atoms with Gasteiger partial charge in [-0.3, -0.25) is 4.79 Å². The molecular formula is C23H26N4O4S. The van der Waals surface area contributed by atoms with Crippen LogP contribution in [0.3, 0.4) is 0 Å². The number of carbonyl (C=O) groups excluding carboxylic acids is 1. The molecule has 0 radical (unpaired) electrons. The molecule has 0 atom stereocenters. The Labute approximate surface area is 188 Å². The second-order valence-electron chi connectivity index (χ2n) is 7.79. The zero-order valence-corrected chi connectivity index (χ0v) is 19.2. The van der Waals surface area contributed by atoms with Crippen molar-refractivity contribution in [1.82, 2.24) is 19.0 Å². The summed E-state index contributed by atoms with van der Waals surface area (Å²) in [4.78, 5) is 15.1. The van der Waals surface area contributed by atoms with Crippen LogP contribution in [0, 0.1) is 13.8 Å². The minimum absolute atomic E-state index is 0.210. The van der Waals surface area contributed by atoms with E-state index in [0.717, 1.165) is 16.8 Å². The molecule has 0 saturated carbocycles. The molecule has 0 unspecified atom stereocenters. The van der Waals surface area contributed by atoms with Crippen molar-refractivity contribution >= 4 is 15.9 Å². The summed E-state index contributed by atoms with van der Waals surface area (Å²) in [5, 5.41) is 4.43. The van der Waals surface area contributed by atoms with Crippen molar-refractivity contribution in [1.29, 1.82) is 0 Å². The number of amides is 1. The average Bonchev–Trinajstić information content (AvgIpc) is 3.23. The molecule has 1 fully saturated rings. The number of sulfonamides is 1. The molecular weight excluding hydrogens is 428 g/mol. The number of rotatable bonds is 5. The maximum Gasteiger partial charge on any atom is 0.278 e. The molecule has 9 heteroatoms. The lowest BCUT2D eigenvalue weighted by Crippen LogP contribution is -2.50. The number of nitrogens with zero attached hydrogens (tertiary/aromatic N) is 4. The third-order valence-corrected chi connectivity index (χ3v) is 7.66. The van der Waals surface area contributed by atoms with Crippen LogP contribution in [0.15, 0.2) is 59.6 Å². The number of aromatic nitrogens is 2. The molecule has 4 rings (SSSR count). The van der Waals surface area contributed by atoms with Crippen LogP contribution in [-0.4, -0.2) is 66.6 Å². The van der Waals surface area contributed by atoms with Crippen molar-refractivity contribution in [2.75, 3.05) is 33.3 Å². The first-order valence-electron chi connectivity index (χ1n) is 10.4. The molecule has 1 amide bonds. The Morgan fingerprint density at radius 1 is 1.00 bits per heavy atom. The normalized spacial score (nSPS) is 15.0. The summed E-state index contributed by atoms with van der Waals surface area (Å²) in [5.41, 5.74) is 2.76. The van der Waals surface area contributed by atoms with Crippen LogP contribution in [0.4, 0.5) is 0 Å². The smallest absolute Gasteiger partial charge is 0.278 e. The maximum atomic E-state index is 13.1. The van der Waals surface area contributed by atoms with E-state index in [9.17, 15) is 13.2 Å². The first kappa shape index (κ1) is 22.0. The highest BCUT2D eigenvalue weighted by Gasteiger charge is 2.33. The van der Waals surface area contributed by atoms with E-state index in [2.05, 4.69) is 5.10 Å². The van der Waals surface area contributed by atoms with Gasteiger partial charge in [-0.1, -0.05) is 35.9 Å². The predicted molar refractivity (Wildman–Crippen MR) is 121 cm³/mol. The minimum atomic E-state index is -3.62. The molecule has 3 aromatic rings. The van der Waals surface area contributed by atoms with Gasteiger partial charge in [0.25, 0.3) is 5.91 Å².